The third kappa shape index (κ3) is 1.31. The summed E-state index contributed by atoms with van der Waals surface area (Å²) in [4.78, 5) is 11.3. The molecule has 1 aliphatic rings. The normalized spacial score (nSPS) is 16.6. The predicted molar refractivity (Wildman–Crippen MR) is 48.9 cm³/mol. The number of benzene rings is 1. The SMILES string of the molecule is CC(N)c1ccc2c(c1)C(=O)CO2. The highest BCUT2D eigenvalue weighted by atomic mass is 16.5. The fraction of sp³-hybridized carbons (Fsp3) is 0.300. The smallest absolute Gasteiger partial charge is 0.203 e. The van der Waals surface area contributed by atoms with Crippen LogP contribution in [0.5, 0.6) is 5.75 Å². The number of carbonyl (C=O) groups is 1. The molecule has 1 aromatic rings. The number of rotatable bonds is 1. The van der Waals surface area contributed by atoms with Crippen molar-refractivity contribution in [3.05, 3.63) is 29.3 Å². The maximum absolute atomic E-state index is 11.3. The van der Waals surface area contributed by atoms with E-state index in [2.05, 4.69) is 0 Å². The molecule has 3 nitrogen and oxygen atoms in total. The number of ether oxygens (including phenoxy) is 1. The summed E-state index contributed by atoms with van der Waals surface area (Å²) in [5.74, 6) is 0.715. The van der Waals surface area contributed by atoms with Crippen molar-refractivity contribution in [3.63, 3.8) is 0 Å². The maximum Gasteiger partial charge on any atom is 0.203 e. The first-order valence-corrected chi connectivity index (χ1v) is 4.24. The Morgan fingerprint density at radius 1 is 1.54 bits per heavy atom. The molecule has 0 aromatic heterocycles. The van der Waals surface area contributed by atoms with Crippen molar-refractivity contribution in [1.82, 2.24) is 0 Å². The molecule has 0 saturated carbocycles. The molecule has 2 rings (SSSR count). The number of nitrogens with two attached hydrogens (primary N) is 1. The highest BCUT2D eigenvalue weighted by Crippen LogP contribution is 2.27. The van der Waals surface area contributed by atoms with Crippen LogP contribution in [0.2, 0.25) is 0 Å². The van der Waals surface area contributed by atoms with Gasteiger partial charge < -0.3 is 10.5 Å². The molecule has 0 saturated heterocycles. The molecule has 0 spiro atoms. The molecule has 1 aliphatic heterocycles. The van der Waals surface area contributed by atoms with Crippen molar-refractivity contribution in [3.8, 4) is 5.75 Å². The third-order valence-electron chi connectivity index (χ3n) is 2.19. The third-order valence-corrected chi connectivity index (χ3v) is 2.19. The molecule has 0 radical (unpaired) electrons. The molecule has 0 fully saturated rings. The van der Waals surface area contributed by atoms with Gasteiger partial charge in [0.05, 0.1) is 5.56 Å². The summed E-state index contributed by atoms with van der Waals surface area (Å²) in [5.41, 5.74) is 7.33. The van der Waals surface area contributed by atoms with Gasteiger partial charge in [-0.25, -0.2) is 0 Å². The first-order chi connectivity index (χ1) is 6.18. The summed E-state index contributed by atoms with van der Waals surface area (Å²) in [5, 5.41) is 0. The number of hydrogen-bond donors (Lipinski definition) is 1. The molecule has 0 bridgehead atoms. The number of fused-ring (bicyclic) bond motifs is 1. The van der Waals surface area contributed by atoms with Gasteiger partial charge in [-0.1, -0.05) is 6.07 Å². The van der Waals surface area contributed by atoms with Crippen LogP contribution in [0.4, 0.5) is 0 Å². The second-order valence-corrected chi connectivity index (χ2v) is 3.26. The summed E-state index contributed by atoms with van der Waals surface area (Å²) < 4.78 is 5.16. The topological polar surface area (TPSA) is 52.3 Å². The zero-order chi connectivity index (χ0) is 9.42. The van der Waals surface area contributed by atoms with Gasteiger partial charge in [0, 0.05) is 6.04 Å². The summed E-state index contributed by atoms with van der Waals surface area (Å²) in [7, 11) is 0. The standard InChI is InChI=1S/C10H11NO2/c1-6(11)7-2-3-10-8(4-7)9(12)5-13-10/h2-4,6H,5,11H2,1H3. The van der Waals surface area contributed by atoms with E-state index in [1.807, 2.05) is 19.1 Å². The Morgan fingerprint density at radius 3 is 3.00 bits per heavy atom. The first kappa shape index (κ1) is 8.26. The molecule has 0 aliphatic carbocycles. The van der Waals surface area contributed by atoms with E-state index in [0.29, 0.717) is 11.3 Å². The molecule has 0 amide bonds. The van der Waals surface area contributed by atoms with Crippen LogP contribution in [0.1, 0.15) is 28.9 Å². The van der Waals surface area contributed by atoms with E-state index in [1.165, 1.54) is 0 Å². The van der Waals surface area contributed by atoms with Crippen molar-refractivity contribution in [2.45, 2.75) is 13.0 Å². The van der Waals surface area contributed by atoms with Crippen LogP contribution in [0.25, 0.3) is 0 Å². The van der Waals surface area contributed by atoms with Crippen LogP contribution >= 0.6 is 0 Å². The van der Waals surface area contributed by atoms with Gasteiger partial charge in [-0.15, -0.1) is 0 Å². The van der Waals surface area contributed by atoms with E-state index in [9.17, 15) is 4.79 Å². The van der Waals surface area contributed by atoms with E-state index in [0.717, 1.165) is 5.56 Å². The lowest BCUT2D eigenvalue weighted by Crippen LogP contribution is -2.05. The summed E-state index contributed by atoms with van der Waals surface area (Å²) in [6, 6.07) is 5.47. The quantitative estimate of drug-likeness (QED) is 0.703. The minimum Gasteiger partial charge on any atom is -0.485 e. The van der Waals surface area contributed by atoms with E-state index in [4.69, 9.17) is 10.5 Å². The van der Waals surface area contributed by atoms with Crippen molar-refractivity contribution in [1.29, 1.82) is 0 Å². The Bertz CT molecular complexity index is 358. The molecule has 3 heteroatoms. The van der Waals surface area contributed by atoms with Crippen LogP contribution < -0.4 is 10.5 Å². The second-order valence-electron chi connectivity index (χ2n) is 3.26. The van der Waals surface area contributed by atoms with Crippen LogP contribution in [-0.4, -0.2) is 12.4 Å². The Kier molecular flexibility index (Phi) is 1.81. The monoisotopic (exact) mass is 177 g/mol. The summed E-state index contributed by atoms with van der Waals surface area (Å²) in [6.07, 6.45) is 0. The van der Waals surface area contributed by atoms with Crippen LogP contribution in [0.15, 0.2) is 18.2 Å². The molecule has 68 valence electrons. The average Bonchev–Trinajstić information content (AvgIpc) is 2.47. The van der Waals surface area contributed by atoms with Crippen LogP contribution in [0.3, 0.4) is 0 Å². The molecule has 13 heavy (non-hydrogen) atoms. The lowest BCUT2D eigenvalue weighted by molar-refractivity contribution is 0.0961. The Morgan fingerprint density at radius 2 is 2.31 bits per heavy atom. The van der Waals surface area contributed by atoms with Gasteiger partial charge in [0.15, 0.2) is 6.61 Å². The molecular formula is C10H11NO2. The number of ketones is 1. The highest BCUT2D eigenvalue weighted by molar-refractivity contribution is 6.02. The number of carbonyl (C=O) groups excluding carboxylic acids is 1. The molecular weight excluding hydrogens is 166 g/mol. The fourth-order valence-electron chi connectivity index (χ4n) is 1.40. The summed E-state index contributed by atoms with van der Waals surface area (Å²) >= 11 is 0. The Balaban J connectivity index is 2.48. The minimum atomic E-state index is -0.0429. The Hall–Kier alpha value is -1.35. The van der Waals surface area contributed by atoms with Gasteiger partial charge in [0.2, 0.25) is 5.78 Å². The van der Waals surface area contributed by atoms with E-state index in [1.54, 1.807) is 6.07 Å². The zero-order valence-electron chi connectivity index (χ0n) is 7.41. The van der Waals surface area contributed by atoms with Crippen molar-refractivity contribution >= 4 is 5.78 Å². The van der Waals surface area contributed by atoms with Gasteiger partial charge >= 0.3 is 0 Å². The molecule has 1 heterocycles. The van der Waals surface area contributed by atoms with Crippen LogP contribution in [0, 0.1) is 0 Å². The van der Waals surface area contributed by atoms with Crippen LogP contribution in [-0.2, 0) is 0 Å². The molecule has 1 aromatic carbocycles. The lowest BCUT2D eigenvalue weighted by atomic mass is 10.0. The lowest BCUT2D eigenvalue weighted by Gasteiger charge is -2.05. The maximum atomic E-state index is 11.3. The Labute approximate surface area is 76.5 Å². The second kappa shape index (κ2) is 2.85. The fourth-order valence-corrected chi connectivity index (χ4v) is 1.40. The van der Waals surface area contributed by atoms with Gasteiger partial charge in [-0.3, -0.25) is 4.79 Å². The average molecular weight is 177 g/mol. The van der Waals surface area contributed by atoms with E-state index >= 15 is 0 Å². The number of Topliss-reactive ketones (excluding diaryl/α,β-unsaturated/α-hetero) is 1. The molecule has 1 unspecified atom stereocenters. The van der Waals surface area contributed by atoms with Gasteiger partial charge in [-0.2, -0.15) is 0 Å². The highest BCUT2D eigenvalue weighted by Gasteiger charge is 2.21. The number of hydrogen-bond acceptors (Lipinski definition) is 3. The van der Waals surface area contributed by atoms with Gasteiger partial charge in [0.1, 0.15) is 5.75 Å². The largest absolute Gasteiger partial charge is 0.485 e. The van der Waals surface area contributed by atoms with Crippen molar-refractivity contribution in [2.75, 3.05) is 6.61 Å². The van der Waals surface area contributed by atoms with Gasteiger partial charge in [-0.05, 0) is 24.6 Å². The summed E-state index contributed by atoms with van der Waals surface area (Å²) in [6.45, 7) is 2.06. The van der Waals surface area contributed by atoms with Crippen molar-refractivity contribution in [2.24, 2.45) is 5.73 Å². The van der Waals surface area contributed by atoms with E-state index in [-0.39, 0.29) is 18.4 Å². The van der Waals surface area contributed by atoms with E-state index < -0.39 is 0 Å². The van der Waals surface area contributed by atoms with Crippen molar-refractivity contribution < 1.29 is 9.53 Å². The predicted octanol–water partition coefficient (Wildman–Crippen LogP) is 1.28. The first-order valence-electron chi connectivity index (χ1n) is 4.24. The molecule has 2 N–H and O–H groups in total. The zero-order valence-corrected chi connectivity index (χ0v) is 7.41. The minimum absolute atomic E-state index is 0.0394. The van der Waals surface area contributed by atoms with Gasteiger partial charge in [0.25, 0.3) is 0 Å². The molecule has 1 atom stereocenters.